The lowest BCUT2D eigenvalue weighted by Crippen LogP contribution is -2.40. The second kappa shape index (κ2) is 6.48. The zero-order valence-corrected chi connectivity index (χ0v) is 14.0. The van der Waals surface area contributed by atoms with Gasteiger partial charge in [-0.05, 0) is 26.7 Å². The molecule has 0 aromatic carbocycles. The number of nitrogens with one attached hydrogen (secondary N) is 1. The second-order valence-corrected chi connectivity index (χ2v) is 6.23. The number of aryl methyl sites for hydroxylation is 1. The molecule has 2 aromatic rings. The van der Waals surface area contributed by atoms with E-state index in [1.807, 2.05) is 17.9 Å². The summed E-state index contributed by atoms with van der Waals surface area (Å²) in [5.74, 6) is -0.0292. The maximum atomic E-state index is 12.7. The van der Waals surface area contributed by atoms with E-state index in [2.05, 4.69) is 10.1 Å². The number of aromatic nitrogens is 3. The molecule has 2 heterocycles. The standard InChI is InChI=1S/C17H21N5O2/c1-3-21(13-6-4-5-7-13)15(23)8-14-11(2)20-16-12(9-18)10-19-22(16)17(14)24/h10,13,19H,3-8H2,1-2H3. The van der Waals surface area contributed by atoms with Gasteiger partial charge in [-0.25, -0.2) is 9.50 Å². The van der Waals surface area contributed by atoms with Gasteiger partial charge in [0.2, 0.25) is 5.91 Å². The molecule has 0 unspecified atom stereocenters. The third kappa shape index (κ3) is 2.68. The van der Waals surface area contributed by atoms with E-state index in [1.54, 1.807) is 6.92 Å². The Morgan fingerprint density at radius 2 is 2.21 bits per heavy atom. The van der Waals surface area contributed by atoms with Gasteiger partial charge in [0, 0.05) is 30.0 Å². The molecule has 0 radical (unpaired) electrons. The molecule has 24 heavy (non-hydrogen) atoms. The van der Waals surface area contributed by atoms with Crippen molar-refractivity contribution in [1.82, 2.24) is 19.5 Å². The van der Waals surface area contributed by atoms with Gasteiger partial charge in [-0.15, -0.1) is 0 Å². The quantitative estimate of drug-likeness (QED) is 0.921. The average Bonchev–Trinajstić information content (AvgIpc) is 3.21. The van der Waals surface area contributed by atoms with E-state index >= 15 is 0 Å². The SMILES string of the molecule is CCN(C(=O)Cc1c(C)nc2c(C#N)c[nH]n2c1=O)C1CCCC1. The fourth-order valence-electron chi connectivity index (χ4n) is 3.55. The molecule has 126 valence electrons. The molecule has 7 nitrogen and oxygen atoms in total. The van der Waals surface area contributed by atoms with Crippen LogP contribution in [0.5, 0.6) is 0 Å². The van der Waals surface area contributed by atoms with Crippen LogP contribution in [0, 0.1) is 18.3 Å². The van der Waals surface area contributed by atoms with Crippen molar-refractivity contribution in [1.29, 1.82) is 5.26 Å². The normalized spacial score (nSPS) is 14.9. The van der Waals surface area contributed by atoms with Crippen LogP contribution in [0.15, 0.2) is 11.0 Å². The number of carbonyl (C=O) groups is 1. The molecule has 1 fully saturated rings. The van der Waals surface area contributed by atoms with Crippen molar-refractivity contribution in [3.63, 3.8) is 0 Å². The summed E-state index contributed by atoms with van der Waals surface area (Å²) in [6.07, 6.45) is 5.89. The molecule has 1 aliphatic rings. The number of nitriles is 1. The molecular formula is C17H21N5O2. The molecule has 1 amide bonds. The summed E-state index contributed by atoms with van der Waals surface area (Å²) in [4.78, 5) is 31.6. The fraction of sp³-hybridized carbons (Fsp3) is 0.529. The van der Waals surface area contributed by atoms with Crippen molar-refractivity contribution >= 4 is 11.6 Å². The predicted octanol–water partition coefficient (Wildman–Crippen LogP) is 1.54. The lowest BCUT2D eigenvalue weighted by Gasteiger charge is -2.27. The molecule has 1 N–H and O–H groups in total. The van der Waals surface area contributed by atoms with Gasteiger partial charge in [-0.3, -0.25) is 14.7 Å². The van der Waals surface area contributed by atoms with Gasteiger partial charge < -0.3 is 4.90 Å². The molecule has 7 heteroatoms. The third-order valence-corrected chi connectivity index (χ3v) is 4.84. The summed E-state index contributed by atoms with van der Waals surface area (Å²) >= 11 is 0. The van der Waals surface area contributed by atoms with Gasteiger partial charge in [-0.1, -0.05) is 12.8 Å². The van der Waals surface area contributed by atoms with Gasteiger partial charge >= 0.3 is 0 Å². The van der Waals surface area contributed by atoms with Crippen molar-refractivity contribution in [3.05, 3.63) is 33.4 Å². The summed E-state index contributed by atoms with van der Waals surface area (Å²) in [7, 11) is 0. The van der Waals surface area contributed by atoms with Crippen LogP contribution in [0.3, 0.4) is 0 Å². The van der Waals surface area contributed by atoms with Crippen LogP contribution in [0.2, 0.25) is 0 Å². The Kier molecular flexibility index (Phi) is 4.38. The maximum Gasteiger partial charge on any atom is 0.276 e. The molecule has 1 aliphatic carbocycles. The third-order valence-electron chi connectivity index (χ3n) is 4.84. The summed E-state index contributed by atoms with van der Waals surface area (Å²) < 4.78 is 1.24. The number of likely N-dealkylation sites (N-methyl/N-ethyl adjacent to an activating group) is 1. The highest BCUT2D eigenvalue weighted by molar-refractivity contribution is 5.79. The molecule has 3 rings (SSSR count). The zero-order valence-electron chi connectivity index (χ0n) is 14.0. The van der Waals surface area contributed by atoms with Crippen molar-refractivity contribution in [2.24, 2.45) is 0 Å². The molecule has 1 saturated carbocycles. The first kappa shape index (κ1) is 16.2. The zero-order chi connectivity index (χ0) is 17.3. The number of aromatic amines is 1. The lowest BCUT2D eigenvalue weighted by molar-refractivity contribution is -0.132. The monoisotopic (exact) mass is 327 g/mol. The van der Waals surface area contributed by atoms with E-state index in [9.17, 15) is 9.59 Å². The second-order valence-electron chi connectivity index (χ2n) is 6.23. The number of rotatable bonds is 4. The molecular weight excluding hydrogens is 306 g/mol. The minimum atomic E-state index is -0.310. The van der Waals surface area contributed by atoms with Crippen LogP contribution in [0.1, 0.15) is 49.4 Å². The first-order chi connectivity index (χ1) is 11.6. The minimum absolute atomic E-state index is 0.0292. The largest absolute Gasteiger partial charge is 0.340 e. The van der Waals surface area contributed by atoms with E-state index in [0.29, 0.717) is 29.0 Å². The summed E-state index contributed by atoms with van der Waals surface area (Å²) in [6, 6.07) is 2.29. The Hall–Kier alpha value is -2.62. The van der Waals surface area contributed by atoms with E-state index in [4.69, 9.17) is 5.26 Å². The number of carbonyl (C=O) groups excluding carboxylic acids is 1. The summed E-state index contributed by atoms with van der Waals surface area (Å²) in [5.41, 5.74) is 1.20. The Morgan fingerprint density at radius 1 is 1.50 bits per heavy atom. The maximum absolute atomic E-state index is 12.7. The molecule has 0 saturated heterocycles. The molecule has 0 aliphatic heterocycles. The Balaban J connectivity index is 1.93. The van der Waals surface area contributed by atoms with E-state index in [-0.39, 0.29) is 23.9 Å². The van der Waals surface area contributed by atoms with Gasteiger partial charge in [0.25, 0.3) is 5.56 Å². The number of hydrogen-bond acceptors (Lipinski definition) is 4. The summed E-state index contributed by atoms with van der Waals surface area (Å²) in [6.45, 7) is 4.34. The fourth-order valence-corrected chi connectivity index (χ4v) is 3.55. The summed E-state index contributed by atoms with van der Waals surface area (Å²) in [5, 5.41) is 11.8. The van der Waals surface area contributed by atoms with Crippen LogP contribution < -0.4 is 5.56 Å². The number of H-pyrrole nitrogens is 1. The van der Waals surface area contributed by atoms with Gasteiger partial charge in [-0.2, -0.15) is 5.26 Å². The van der Waals surface area contributed by atoms with Crippen LogP contribution in [0.4, 0.5) is 0 Å². The van der Waals surface area contributed by atoms with Gasteiger partial charge in [0.05, 0.1) is 6.42 Å². The predicted molar refractivity (Wildman–Crippen MR) is 88.6 cm³/mol. The minimum Gasteiger partial charge on any atom is -0.340 e. The smallest absolute Gasteiger partial charge is 0.276 e. The van der Waals surface area contributed by atoms with Crippen LogP contribution in [-0.4, -0.2) is 38.0 Å². The highest BCUT2D eigenvalue weighted by Gasteiger charge is 2.26. The van der Waals surface area contributed by atoms with E-state index in [1.165, 1.54) is 10.7 Å². The Labute approximate surface area is 139 Å². The van der Waals surface area contributed by atoms with Crippen molar-refractivity contribution in [2.45, 2.75) is 52.0 Å². The Bertz CT molecular complexity index is 867. The van der Waals surface area contributed by atoms with E-state index in [0.717, 1.165) is 25.7 Å². The highest BCUT2D eigenvalue weighted by atomic mass is 16.2. The van der Waals surface area contributed by atoms with Crippen LogP contribution in [0.25, 0.3) is 5.65 Å². The number of fused-ring (bicyclic) bond motifs is 1. The topological polar surface area (TPSA) is 94.3 Å². The van der Waals surface area contributed by atoms with Gasteiger partial charge in [0.1, 0.15) is 11.6 Å². The Morgan fingerprint density at radius 3 is 2.83 bits per heavy atom. The lowest BCUT2D eigenvalue weighted by atomic mass is 10.1. The molecule has 0 atom stereocenters. The van der Waals surface area contributed by atoms with Crippen molar-refractivity contribution in [3.8, 4) is 6.07 Å². The number of nitrogens with zero attached hydrogens (tertiary/aromatic N) is 4. The average molecular weight is 327 g/mol. The number of amides is 1. The first-order valence-corrected chi connectivity index (χ1v) is 8.36. The number of hydrogen-bond donors (Lipinski definition) is 1. The van der Waals surface area contributed by atoms with E-state index < -0.39 is 0 Å². The first-order valence-electron chi connectivity index (χ1n) is 8.36. The molecule has 2 aromatic heterocycles. The highest BCUT2D eigenvalue weighted by Crippen LogP contribution is 2.24. The van der Waals surface area contributed by atoms with Gasteiger partial charge in [0.15, 0.2) is 5.65 Å². The molecule has 0 bridgehead atoms. The van der Waals surface area contributed by atoms with Crippen LogP contribution >= 0.6 is 0 Å². The van der Waals surface area contributed by atoms with Crippen molar-refractivity contribution < 1.29 is 4.79 Å². The van der Waals surface area contributed by atoms with Crippen molar-refractivity contribution in [2.75, 3.05) is 6.54 Å². The van der Waals surface area contributed by atoms with Crippen LogP contribution in [-0.2, 0) is 11.2 Å². The molecule has 0 spiro atoms.